The van der Waals surface area contributed by atoms with Gasteiger partial charge in [0.2, 0.25) is 0 Å². The van der Waals surface area contributed by atoms with Crippen LogP contribution in [0.5, 0.6) is 0 Å². The molecule has 0 bridgehead atoms. The Bertz CT molecular complexity index is 1810. The van der Waals surface area contributed by atoms with Crippen LogP contribution in [0.4, 0.5) is 0 Å². The Kier molecular flexibility index (Phi) is 14.1. The Labute approximate surface area is 311 Å². The summed E-state index contributed by atoms with van der Waals surface area (Å²) in [7, 11) is 10.7. The van der Waals surface area contributed by atoms with Crippen LogP contribution in [-0.4, -0.2) is 3.71 Å². The molecule has 0 spiro atoms. The molecule has 0 amide bonds. The van der Waals surface area contributed by atoms with Crippen LogP contribution >= 0.6 is 17.0 Å². The van der Waals surface area contributed by atoms with Crippen LogP contribution in [-0.2, 0) is 42.6 Å². The average molecular weight is 769 g/mol. The Morgan fingerprint density at radius 1 is 0.571 bits per heavy atom. The average Bonchev–Trinajstić information content (AvgIpc) is 3.68. The Balaban J connectivity index is 0.000000194. The molecular formula is C46H54Cl2Zr-2. The minimum absolute atomic E-state index is 0.207. The summed E-state index contributed by atoms with van der Waals surface area (Å²) in [5.74, 6) is 0. The molecule has 0 aromatic heterocycles. The van der Waals surface area contributed by atoms with Crippen molar-refractivity contribution in [3.8, 4) is 22.3 Å². The van der Waals surface area contributed by atoms with Gasteiger partial charge in [-0.2, -0.15) is 12.1 Å². The second kappa shape index (κ2) is 17.6. The Morgan fingerprint density at radius 3 is 1.20 bits per heavy atom. The van der Waals surface area contributed by atoms with Crippen LogP contribution in [0.1, 0.15) is 97.4 Å². The maximum absolute atomic E-state index is 5.37. The molecule has 49 heavy (non-hydrogen) atoms. The first-order valence-electron chi connectivity index (χ1n) is 17.8. The van der Waals surface area contributed by atoms with Crippen molar-refractivity contribution < 1.29 is 18.9 Å². The van der Waals surface area contributed by atoms with Crippen LogP contribution in [0.2, 0.25) is 0 Å². The molecule has 0 heterocycles. The molecule has 0 aliphatic heterocycles. The van der Waals surface area contributed by atoms with E-state index in [1.807, 2.05) is 10.6 Å². The summed E-state index contributed by atoms with van der Waals surface area (Å²) in [6.45, 7) is 19.9. The van der Waals surface area contributed by atoms with E-state index in [4.69, 9.17) is 17.0 Å². The molecule has 0 saturated carbocycles. The van der Waals surface area contributed by atoms with E-state index in [0.717, 1.165) is 12.8 Å². The number of fused-ring (bicyclic) bond motifs is 2. The number of hydrogen-bond acceptors (Lipinski definition) is 0. The van der Waals surface area contributed by atoms with E-state index in [1.165, 1.54) is 78.9 Å². The maximum atomic E-state index is 5.37. The summed E-state index contributed by atoms with van der Waals surface area (Å²) in [5, 5.41) is 5.49. The van der Waals surface area contributed by atoms with Crippen molar-refractivity contribution in [1.82, 2.24) is 0 Å². The third-order valence-electron chi connectivity index (χ3n) is 9.04. The third kappa shape index (κ3) is 10.7. The molecule has 3 heteroatoms. The van der Waals surface area contributed by atoms with Crippen molar-refractivity contribution in [3.05, 3.63) is 131 Å². The van der Waals surface area contributed by atoms with Gasteiger partial charge in [0.15, 0.2) is 0 Å². The molecule has 0 aliphatic rings. The van der Waals surface area contributed by atoms with Gasteiger partial charge in [0.05, 0.1) is 0 Å². The molecule has 0 fully saturated rings. The number of benzene rings is 4. The van der Waals surface area contributed by atoms with E-state index < -0.39 is 18.9 Å². The summed E-state index contributed by atoms with van der Waals surface area (Å²) in [6.07, 6.45) is 4.73. The monoisotopic (exact) mass is 766 g/mol. The zero-order chi connectivity index (χ0) is 35.8. The molecule has 0 unspecified atom stereocenters. The van der Waals surface area contributed by atoms with E-state index in [1.54, 1.807) is 0 Å². The number of aryl methyl sites for hydroxylation is 2. The molecule has 0 aliphatic carbocycles. The fraction of sp³-hybridized carbons (Fsp3) is 0.326. The van der Waals surface area contributed by atoms with Crippen molar-refractivity contribution in [2.45, 2.75) is 98.8 Å². The zero-order valence-corrected chi connectivity index (χ0v) is 35.0. The van der Waals surface area contributed by atoms with Crippen LogP contribution in [0.15, 0.2) is 109 Å². The van der Waals surface area contributed by atoms with Gasteiger partial charge >= 0.3 is 46.5 Å². The summed E-state index contributed by atoms with van der Waals surface area (Å²) >= 11 is -1.76. The predicted molar refractivity (Wildman–Crippen MR) is 219 cm³/mol. The van der Waals surface area contributed by atoms with Gasteiger partial charge in [0, 0.05) is 0 Å². The van der Waals surface area contributed by atoms with Crippen molar-refractivity contribution >= 4 is 42.3 Å². The van der Waals surface area contributed by atoms with Gasteiger partial charge in [0.1, 0.15) is 0 Å². The van der Waals surface area contributed by atoms with Crippen LogP contribution in [0, 0.1) is 0 Å². The molecule has 6 aromatic carbocycles. The van der Waals surface area contributed by atoms with Gasteiger partial charge < -0.3 is 0 Å². The minimum atomic E-state index is -1.76. The first-order valence-corrected chi connectivity index (χ1v) is 25.6. The van der Waals surface area contributed by atoms with Gasteiger partial charge in [-0.1, -0.05) is 140 Å². The topological polar surface area (TPSA) is 0 Å². The van der Waals surface area contributed by atoms with Crippen molar-refractivity contribution in [2.75, 3.05) is 0 Å². The number of rotatable bonds is 6. The molecule has 0 atom stereocenters. The predicted octanol–water partition coefficient (Wildman–Crippen LogP) is 14.7. The molecule has 0 radical (unpaired) electrons. The van der Waals surface area contributed by atoms with Gasteiger partial charge in [-0.05, 0) is 45.9 Å². The molecular weight excluding hydrogens is 715 g/mol. The van der Waals surface area contributed by atoms with Crippen LogP contribution in [0.25, 0.3) is 43.8 Å². The Morgan fingerprint density at radius 2 is 0.918 bits per heavy atom. The van der Waals surface area contributed by atoms with E-state index in [0.29, 0.717) is 0 Å². The third-order valence-corrected chi connectivity index (χ3v) is 12.7. The molecule has 258 valence electrons. The normalized spacial score (nSPS) is 11.5. The number of hydrogen-bond donors (Lipinski definition) is 0. The summed E-state index contributed by atoms with van der Waals surface area (Å²) in [4.78, 5) is 0. The van der Waals surface area contributed by atoms with Crippen LogP contribution in [0.3, 0.4) is 0 Å². The molecule has 6 aromatic rings. The van der Waals surface area contributed by atoms with Crippen molar-refractivity contribution in [1.29, 1.82) is 0 Å². The summed E-state index contributed by atoms with van der Waals surface area (Å²) in [6, 6.07) is 40.8. The standard InChI is InChI=1S/2C22H25.C2H4.2ClH.Zr/c2*1-5-7-16-14-18-8-6-9-20(21(18)15-16)17-10-12-19(13-11-17)22(2,3)4;1-2;;;/h2*6,8-15H,5,7H2,1-4H3;1H,2H3;2*1H;/q2*-1;;;;+2/p-2. The first-order chi connectivity index (χ1) is 23.2. The number of halogens is 2. The molecule has 6 rings (SSSR count). The summed E-state index contributed by atoms with van der Waals surface area (Å²) in [5.41, 5.74) is 11.4. The van der Waals surface area contributed by atoms with E-state index in [9.17, 15) is 0 Å². The van der Waals surface area contributed by atoms with Gasteiger partial charge in [-0.15, -0.1) is 69.1 Å². The summed E-state index contributed by atoms with van der Waals surface area (Å²) < 4.78 is 1.89. The van der Waals surface area contributed by atoms with Gasteiger partial charge in [-0.3, -0.25) is 0 Å². The first kappa shape index (κ1) is 39.2. The zero-order valence-electron chi connectivity index (χ0n) is 31.1. The Hall–Kier alpha value is -2.57. The van der Waals surface area contributed by atoms with E-state index in [2.05, 4.69) is 165 Å². The second-order valence-corrected chi connectivity index (χ2v) is 23.9. The molecule has 0 saturated heterocycles. The second-order valence-electron chi connectivity index (χ2n) is 15.1. The van der Waals surface area contributed by atoms with Gasteiger partial charge in [-0.25, -0.2) is 0 Å². The van der Waals surface area contributed by atoms with Gasteiger partial charge in [0.25, 0.3) is 0 Å². The van der Waals surface area contributed by atoms with Crippen LogP contribution < -0.4 is 0 Å². The van der Waals surface area contributed by atoms with E-state index in [-0.39, 0.29) is 10.8 Å². The SMILES string of the molecule is CCCc1cc2c(-c3ccc(C(C)(C)C)cc3)cccc2[cH-]1.CCCc1cc2c(-c3ccc(C(C)(C)C)cc3)cccc2[cH-]1.C[CH]=[Zr]([Cl])[Cl]. The quantitative estimate of drug-likeness (QED) is 0.148. The van der Waals surface area contributed by atoms with Crippen molar-refractivity contribution in [2.24, 2.45) is 0 Å². The fourth-order valence-electron chi connectivity index (χ4n) is 6.26. The van der Waals surface area contributed by atoms with Crippen molar-refractivity contribution in [3.63, 3.8) is 0 Å². The van der Waals surface area contributed by atoms with E-state index >= 15 is 0 Å². The molecule has 0 nitrogen and oxygen atoms in total. The molecule has 0 N–H and O–H groups in total. The fourth-order valence-corrected chi connectivity index (χ4v) is 6.26.